The monoisotopic (exact) mass is 459 g/mol. The van der Waals surface area contributed by atoms with Crippen LogP contribution >= 0.6 is 11.8 Å². The summed E-state index contributed by atoms with van der Waals surface area (Å²) in [5, 5.41) is 5.58. The summed E-state index contributed by atoms with van der Waals surface area (Å²) in [7, 11) is 1.44. The molecule has 11 heteroatoms. The lowest BCUT2D eigenvalue weighted by Gasteiger charge is -2.26. The maximum absolute atomic E-state index is 12.9. The minimum atomic E-state index is -0.873. The van der Waals surface area contributed by atoms with Crippen molar-refractivity contribution in [2.24, 2.45) is 5.73 Å². The van der Waals surface area contributed by atoms with Gasteiger partial charge in [-0.3, -0.25) is 14.4 Å². The summed E-state index contributed by atoms with van der Waals surface area (Å²) < 4.78 is 5.19. The van der Waals surface area contributed by atoms with Crippen molar-refractivity contribution in [3.8, 4) is 0 Å². The first kappa shape index (κ1) is 23.2. The van der Waals surface area contributed by atoms with Gasteiger partial charge in [0.1, 0.15) is 6.04 Å². The Morgan fingerprint density at radius 1 is 1.25 bits per heavy atom. The number of hydrogen-bond donors (Lipinski definition) is 3. The number of carbonyl (C=O) groups excluding carboxylic acids is 4. The van der Waals surface area contributed by atoms with E-state index >= 15 is 0 Å². The minimum Gasteiger partial charge on any atom is -0.459 e. The Morgan fingerprint density at radius 2 is 2.03 bits per heavy atom. The van der Waals surface area contributed by atoms with Crippen LogP contribution in [0.4, 0.5) is 10.5 Å². The van der Waals surface area contributed by atoms with Crippen LogP contribution < -0.4 is 16.4 Å². The molecule has 4 N–H and O–H groups in total. The minimum absolute atomic E-state index is 0.0827. The Kier molecular flexibility index (Phi) is 7.41. The van der Waals surface area contributed by atoms with E-state index in [1.165, 1.54) is 29.2 Å². The van der Waals surface area contributed by atoms with E-state index in [1.807, 2.05) is 24.5 Å². The van der Waals surface area contributed by atoms with E-state index in [0.29, 0.717) is 5.69 Å². The molecular formula is C21H25N5O5S. The number of benzene rings is 1. The van der Waals surface area contributed by atoms with Crippen molar-refractivity contribution in [1.82, 2.24) is 15.1 Å². The van der Waals surface area contributed by atoms with Crippen LogP contribution in [0, 0.1) is 0 Å². The number of likely N-dealkylation sites (N-methyl/N-ethyl adjacent to an activating group) is 1. The van der Waals surface area contributed by atoms with Gasteiger partial charge in [-0.25, -0.2) is 4.79 Å². The number of primary amides is 1. The summed E-state index contributed by atoms with van der Waals surface area (Å²) in [4.78, 5) is 53.1. The first-order valence-electron chi connectivity index (χ1n) is 9.87. The third kappa shape index (κ3) is 5.61. The molecule has 2 aromatic rings. The highest BCUT2D eigenvalue weighted by Gasteiger charge is 2.42. The van der Waals surface area contributed by atoms with Crippen LogP contribution in [0.15, 0.2) is 52.0 Å². The van der Waals surface area contributed by atoms with Gasteiger partial charge in [-0.2, -0.15) is 0 Å². The number of nitrogens with one attached hydrogen (secondary N) is 2. The molecule has 1 saturated heterocycles. The number of nitrogens with two attached hydrogens (primary N) is 1. The largest absolute Gasteiger partial charge is 0.459 e. The molecule has 0 saturated carbocycles. The molecule has 0 aliphatic carbocycles. The van der Waals surface area contributed by atoms with E-state index in [9.17, 15) is 19.2 Å². The average molecular weight is 460 g/mol. The van der Waals surface area contributed by atoms with Crippen LogP contribution in [-0.4, -0.2) is 72.0 Å². The second-order valence-electron chi connectivity index (χ2n) is 7.37. The third-order valence-corrected chi connectivity index (χ3v) is 5.74. The lowest BCUT2D eigenvalue weighted by Crippen LogP contribution is -2.48. The number of urea groups is 1. The highest BCUT2D eigenvalue weighted by molar-refractivity contribution is 7.98. The first-order valence-corrected chi connectivity index (χ1v) is 11.1. The van der Waals surface area contributed by atoms with Crippen LogP contribution in [0.5, 0.6) is 0 Å². The number of likely N-dealkylation sites (tertiary alicyclic amines) is 1. The van der Waals surface area contributed by atoms with Gasteiger partial charge in [0.25, 0.3) is 5.91 Å². The summed E-state index contributed by atoms with van der Waals surface area (Å²) in [6.07, 6.45) is 3.49. The fourth-order valence-corrected chi connectivity index (χ4v) is 4.02. The molecule has 1 aromatic carbocycles. The molecule has 1 fully saturated rings. The summed E-state index contributed by atoms with van der Waals surface area (Å²) in [5.41, 5.74) is 5.82. The van der Waals surface area contributed by atoms with Gasteiger partial charge in [-0.05, 0) is 43.0 Å². The van der Waals surface area contributed by atoms with Gasteiger partial charge in [0.15, 0.2) is 5.76 Å². The number of hydrogen-bond acceptors (Lipinski definition) is 6. The van der Waals surface area contributed by atoms with Gasteiger partial charge < -0.3 is 30.6 Å². The Labute approximate surface area is 189 Å². The van der Waals surface area contributed by atoms with Gasteiger partial charge in [-0.15, -0.1) is 11.8 Å². The second kappa shape index (κ2) is 10.2. The molecule has 170 valence electrons. The predicted molar refractivity (Wildman–Crippen MR) is 119 cm³/mol. The van der Waals surface area contributed by atoms with Gasteiger partial charge in [0, 0.05) is 24.2 Å². The number of anilines is 1. The van der Waals surface area contributed by atoms with Crippen molar-refractivity contribution in [2.45, 2.75) is 23.4 Å². The summed E-state index contributed by atoms with van der Waals surface area (Å²) in [6, 6.07) is 8.66. The molecule has 5 amide bonds. The van der Waals surface area contributed by atoms with E-state index in [4.69, 9.17) is 10.2 Å². The maximum atomic E-state index is 12.9. The number of carbonyl (C=O) groups is 4. The van der Waals surface area contributed by atoms with Crippen LogP contribution in [0.3, 0.4) is 0 Å². The van der Waals surface area contributed by atoms with Crippen molar-refractivity contribution < 1.29 is 23.6 Å². The number of nitrogens with zero attached hydrogens (tertiary/aromatic N) is 2. The standard InChI is InChI=1S/C21H25N5O5S/c1-25(12-18(22)27)19(28)16-10-14(11-26(16)20(29)17-7-4-8-31-17)24-21(30)23-13-5-3-6-15(9-13)32-2/h3-9,14,16H,10-12H2,1-2H3,(H2,22,27)(H2,23,24,30). The molecule has 1 aromatic heterocycles. The van der Waals surface area contributed by atoms with Gasteiger partial charge in [0.05, 0.1) is 18.8 Å². The fourth-order valence-electron chi connectivity index (χ4n) is 3.56. The zero-order valence-electron chi connectivity index (χ0n) is 17.7. The van der Waals surface area contributed by atoms with Gasteiger partial charge in [0.2, 0.25) is 11.8 Å². The molecule has 2 atom stereocenters. The van der Waals surface area contributed by atoms with Crippen molar-refractivity contribution in [2.75, 3.05) is 31.7 Å². The predicted octanol–water partition coefficient (Wildman–Crippen LogP) is 1.35. The molecule has 0 spiro atoms. The molecule has 0 radical (unpaired) electrons. The summed E-state index contributed by atoms with van der Waals surface area (Å²) >= 11 is 1.56. The quantitative estimate of drug-likeness (QED) is 0.535. The van der Waals surface area contributed by atoms with Crippen LogP contribution in [-0.2, 0) is 9.59 Å². The Bertz CT molecular complexity index is 996. The maximum Gasteiger partial charge on any atom is 0.319 e. The molecule has 1 aliphatic heterocycles. The Morgan fingerprint density at radius 3 is 2.69 bits per heavy atom. The Balaban J connectivity index is 1.71. The van der Waals surface area contributed by atoms with Gasteiger partial charge in [-0.1, -0.05) is 6.07 Å². The van der Waals surface area contributed by atoms with E-state index in [-0.39, 0.29) is 25.3 Å². The molecule has 2 unspecified atom stereocenters. The van der Waals surface area contributed by atoms with E-state index in [1.54, 1.807) is 23.9 Å². The molecule has 10 nitrogen and oxygen atoms in total. The molecule has 1 aliphatic rings. The van der Waals surface area contributed by atoms with E-state index in [0.717, 1.165) is 4.90 Å². The lowest BCUT2D eigenvalue weighted by molar-refractivity contribution is -0.137. The van der Waals surface area contributed by atoms with Crippen LogP contribution in [0.25, 0.3) is 0 Å². The highest BCUT2D eigenvalue weighted by atomic mass is 32.2. The lowest BCUT2D eigenvalue weighted by atomic mass is 10.1. The summed E-state index contributed by atoms with van der Waals surface area (Å²) in [5.74, 6) is -1.50. The van der Waals surface area contributed by atoms with Crippen molar-refractivity contribution in [3.63, 3.8) is 0 Å². The first-order chi connectivity index (χ1) is 15.3. The molecule has 0 bridgehead atoms. The average Bonchev–Trinajstić information content (AvgIpc) is 3.42. The number of amides is 5. The molecule has 2 heterocycles. The van der Waals surface area contributed by atoms with Crippen molar-refractivity contribution in [3.05, 3.63) is 48.4 Å². The van der Waals surface area contributed by atoms with Crippen molar-refractivity contribution in [1.29, 1.82) is 0 Å². The van der Waals surface area contributed by atoms with E-state index < -0.39 is 35.8 Å². The normalized spacial score (nSPS) is 17.6. The third-order valence-electron chi connectivity index (χ3n) is 5.01. The number of thioether (sulfide) groups is 1. The van der Waals surface area contributed by atoms with Crippen molar-refractivity contribution >= 4 is 41.2 Å². The zero-order valence-corrected chi connectivity index (χ0v) is 18.6. The topological polar surface area (TPSA) is 138 Å². The Hall–Kier alpha value is -3.47. The van der Waals surface area contributed by atoms with E-state index in [2.05, 4.69) is 10.6 Å². The molecule has 3 rings (SSSR count). The molecule has 32 heavy (non-hydrogen) atoms. The zero-order chi connectivity index (χ0) is 23.3. The van der Waals surface area contributed by atoms with Crippen LogP contribution in [0.2, 0.25) is 0 Å². The van der Waals surface area contributed by atoms with Crippen LogP contribution in [0.1, 0.15) is 17.0 Å². The number of furan rings is 1. The smallest absolute Gasteiger partial charge is 0.319 e. The summed E-state index contributed by atoms with van der Waals surface area (Å²) in [6.45, 7) is -0.166. The number of rotatable bonds is 7. The van der Waals surface area contributed by atoms with Gasteiger partial charge >= 0.3 is 6.03 Å². The fraction of sp³-hybridized carbons (Fsp3) is 0.333. The SMILES string of the molecule is CSc1cccc(NC(=O)NC2CC(C(=O)N(C)CC(N)=O)N(C(=O)c3ccco3)C2)c1. The highest BCUT2D eigenvalue weighted by Crippen LogP contribution is 2.23. The molecular weight excluding hydrogens is 434 g/mol. The second-order valence-corrected chi connectivity index (χ2v) is 8.25.